The van der Waals surface area contributed by atoms with Crippen LogP contribution >= 0.6 is 0 Å². The Hall–Kier alpha value is -2.49. The zero-order valence-corrected chi connectivity index (χ0v) is 18.1. The zero-order chi connectivity index (χ0) is 21.2. The molecular weight excluding hydrogens is 376 g/mol. The van der Waals surface area contributed by atoms with Crippen molar-refractivity contribution in [3.63, 3.8) is 0 Å². The molecule has 1 aliphatic carbocycles. The molecule has 0 aromatic carbocycles. The average molecular weight is 409 g/mol. The van der Waals surface area contributed by atoms with Gasteiger partial charge in [0, 0.05) is 37.2 Å². The van der Waals surface area contributed by atoms with Gasteiger partial charge in [-0.2, -0.15) is 5.26 Å². The van der Waals surface area contributed by atoms with E-state index in [1.54, 1.807) is 13.3 Å². The van der Waals surface area contributed by atoms with Gasteiger partial charge in [0.2, 0.25) is 0 Å². The molecule has 1 N–H and O–H groups in total. The normalized spacial score (nSPS) is 16.2. The maximum absolute atomic E-state index is 9.06. The SMILES string of the molecule is COc1cc(CNCC[C@H](CCOC2(C)CCCC2)c2ccccn2)cnc1C#N. The van der Waals surface area contributed by atoms with Gasteiger partial charge in [0.25, 0.3) is 0 Å². The predicted octanol–water partition coefficient (Wildman–Crippen LogP) is 4.36. The van der Waals surface area contributed by atoms with Gasteiger partial charge in [-0.15, -0.1) is 0 Å². The van der Waals surface area contributed by atoms with Crippen LogP contribution in [0.15, 0.2) is 36.7 Å². The fraction of sp³-hybridized carbons (Fsp3) is 0.542. The summed E-state index contributed by atoms with van der Waals surface area (Å²) < 4.78 is 11.5. The molecule has 6 heteroatoms. The highest BCUT2D eigenvalue weighted by Gasteiger charge is 2.29. The molecule has 0 bridgehead atoms. The van der Waals surface area contributed by atoms with E-state index in [4.69, 9.17) is 14.7 Å². The molecule has 6 nitrogen and oxygen atoms in total. The maximum atomic E-state index is 9.06. The van der Waals surface area contributed by atoms with Crippen molar-refractivity contribution in [3.8, 4) is 11.8 Å². The molecule has 2 heterocycles. The Bertz CT molecular complexity index is 829. The van der Waals surface area contributed by atoms with E-state index < -0.39 is 0 Å². The summed E-state index contributed by atoms with van der Waals surface area (Å²) in [4.78, 5) is 8.75. The zero-order valence-electron chi connectivity index (χ0n) is 18.1. The second-order valence-electron chi connectivity index (χ2n) is 8.22. The number of aromatic nitrogens is 2. The third-order valence-corrected chi connectivity index (χ3v) is 5.92. The van der Waals surface area contributed by atoms with Crippen LogP contribution in [-0.2, 0) is 11.3 Å². The summed E-state index contributed by atoms with van der Waals surface area (Å²) >= 11 is 0. The molecule has 0 saturated heterocycles. The molecule has 1 saturated carbocycles. The molecule has 0 spiro atoms. The number of nitrogens with zero attached hydrogens (tertiary/aromatic N) is 3. The molecule has 2 aromatic rings. The molecule has 3 rings (SSSR count). The lowest BCUT2D eigenvalue weighted by Crippen LogP contribution is -2.26. The minimum Gasteiger partial charge on any atom is -0.494 e. The summed E-state index contributed by atoms with van der Waals surface area (Å²) in [5.74, 6) is 0.873. The Kier molecular flexibility index (Phi) is 8.18. The van der Waals surface area contributed by atoms with Crippen LogP contribution in [0.3, 0.4) is 0 Å². The van der Waals surface area contributed by atoms with E-state index in [1.807, 2.05) is 24.4 Å². The first-order chi connectivity index (χ1) is 14.6. The molecule has 2 aromatic heterocycles. The maximum Gasteiger partial charge on any atom is 0.182 e. The lowest BCUT2D eigenvalue weighted by Gasteiger charge is -2.26. The molecule has 0 radical (unpaired) electrons. The van der Waals surface area contributed by atoms with Gasteiger partial charge >= 0.3 is 0 Å². The van der Waals surface area contributed by atoms with Gasteiger partial charge in [0.15, 0.2) is 11.4 Å². The van der Waals surface area contributed by atoms with Crippen molar-refractivity contribution in [1.29, 1.82) is 5.26 Å². The monoisotopic (exact) mass is 408 g/mol. The van der Waals surface area contributed by atoms with Crippen LogP contribution in [0, 0.1) is 11.3 Å². The number of hydrogen-bond donors (Lipinski definition) is 1. The van der Waals surface area contributed by atoms with Gasteiger partial charge in [0.05, 0.1) is 12.7 Å². The number of nitriles is 1. The number of methoxy groups -OCH3 is 1. The molecular formula is C24H32N4O2. The summed E-state index contributed by atoms with van der Waals surface area (Å²) in [5.41, 5.74) is 2.50. The molecule has 160 valence electrons. The van der Waals surface area contributed by atoms with E-state index in [9.17, 15) is 0 Å². The third kappa shape index (κ3) is 6.25. The first-order valence-electron chi connectivity index (χ1n) is 10.8. The van der Waals surface area contributed by atoms with Crippen LogP contribution in [0.2, 0.25) is 0 Å². The lowest BCUT2D eigenvalue weighted by atomic mass is 9.96. The van der Waals surface area contributed by atoms with Crippen molar-refractivity contribution in [3.05, 3.63) is 53.6 Å². The highest BCUT2D eigenvalue weighted by atomic mass is 16.5. The third-order valence-electron chi connectivity index (χ3n) is 5.92. The van der Waals surface area contributed by atoms with Gasteiger partial charge in [-0.3, -0.25) is 4.98 Å². The van der Waals surface area contributed by atoms with Gasteiger partial charge in [-0.05, 0) is 62.9 Å². The second-order valence-corrected chi connectivity index (χ2v) is 8.22. The van der Waals surface area contributed by atoms with E-state index in [-0.39, 0.29) is 5.60 Å². The summed E-state index contributed by atoms with van der Waals surface area (Å²) in [5, 5.41) is 12.5. The van der Waals surface area contributed by atoms with E-state index in [2.05, 4.69) is 34.3 Å². The van der Waals surface area contributed by atoms with Crippen LogP contribution in [0.1, 0.15) is 68.3 Å². The average Bonchev–Trinajstić information content (AvgIpc) is 3.22. The summed E-state index contributed by atoms with van der Waals surface area (Å²) in [6, 6.07) is 10.0. The molecule has 1 atom stereocenters. The fourth-order valence-electron chi connectivity index (χ4n) is 4.10. The second kappa shape index (κ2) is 11.1. The van der Waals surface area contributed by atoms with Crippen LogP contribution < -0.4 is 10.1 Å². The standard InChI is InChI=1S/C24H32N4O2/c1-24(10-4-5-11-24)30-14-9-20(21-7-3-6-12-27-21)8-13-26-17-19-15-23(29-2)22(16-25)28-18-19/h3,6-7,12,15,18,20,26H,4-5,8-11,13-14,17H2,1-2H3/t20-/m1/s1. The smallest absolute Gasteiger partial charge is 0.182 e. The van der Waals surface area contributed by atoms with Gasteiger partial charge < -0.3 is 14.8 Å². The molecule has 30 heavy (non-hydrogen) atoms. The van der Waals surface area contributed by atoms with Gasteiger partial charge in [-0.25, -0.2) is 4.98 Å². The number of nitrogens with one attached hydrogen (secondary N) is 1. The van der Waals surface area contributed by atoms with Crippen LogP contribution in [-0.4, -0.2) is 35.8 Å². The van der Waals surface area contributed by atoms with Crippen molar-refractivity contribution >= 4 is 0 Å². The van der Waals surface area contributed by atoms with Crippen molar-refractivity contribution < 1.29 is 9.47 Å². The van der Waals surface area contributed by atoms with Crippen molar-refractivity contribution in [2.45, 2.75) is 63.5 Å². The Morgan fingerprint density at radius 3 is 2.77 bits per heavy atom. The van der Waals surface area contributed by atoms with E-state index >= 15 is 0 Å². The fourth-order valence-corrected chi connectivity index (χ4v) is 4.10. The number of hydrogen-bond acceptors (Lipinski definition) is 6. The van der Waals surface area contributed by atoms with Crippen molar-refractivity contribution in [1.82, 2.24) is 15.3 Å². The van der Waals surface area contributed by atoms with E-state index in [0.29, 0.717) is 23.9 Å². The summed E-state index contributed by atoms with van der Waals surface area (Å²) in [7, 11) is 1.56. The van der Waals surface area contributed by atoms with E-state index in [0.717, 1.165) is 37.3 Å². The molecule has 0 unspecified atom stereocenters. The van der Waals surface area contributed by atoms with Crippen LogP contribution in [0.5, 0.6) is 5.75 Å². The minimum atomic E-state index is 0.0640. The van der Waals surface area contributed by atoms with Crippen LogP contribution in [0.25, 0.3) is 0 Å². The Labute approximate surface area is 179 Å². The number of pyridine rings is 2. The first-order valence-corrected chi connectivity index (χ1v) is 10.8. The van der Waals surface area contributed by atoms with Crippen LogP contribution in [0.4, 0.5) is 0 Å². The Balaban J connectivity index is 1.50. The van der Waals surface area contributed by atoms with Crippen molar-refractivity contribution in [2.75, 3.05) is 20.3 Å². The highest BCUT2D eigenvalue weighted by Crippen LogP contribution is 2.33. The van der Waals surface area contributed by atoms with E-state index in [1.165, 1.54) is 25.7 Å². The highest BCUT2D eigenvalue weighted by molar-refractivity contribution is 5.39. The Morgan fingerprint density at radius 1 is 1.23 bits per heavy atom. The predicted molar refractivity (Wildman–Crippen MR) is 116 cm³/mol. The van der Waals surface area contributed by atoms with Gasteiger partial charge in [0.1, 0.15) is 6.07 Å². The van der Waals surface area contributed by atoms with Gasteiger partial charge in [-0.1, -0.05) is 18.9 Å². The summed E-state index contributed by atoms with van der Waals surface area (Å²) in [6.45, 7) is 4.56. The molecule has 0 aliphatic heterocycles. The minimum absolute atomic E-state index is 0.0640. The van der Waals surface area contributed by atoms with Crippen molar-refractivity contribution in [2.24, 2.45) is 0 Å². The first kappa shape index (κ1) is 22.2. The largest absolute Gasteiger partial charge is 0.494 e. The quantitative estimate of drug-likeness (QED) is 0.557. The molecule has 1 aliphatic rings. The molecule has 0 amide bonds. The lowest BCUT2D eigenvalue weighted by molar-refractivity contribution is -0.0294. The topological polar surface area (TPSA) is 80.1 Å². The Morgan fingerprint density at radius 2 is 2.07 bits per heavy atom. The number of ether oxygens (including phenoxy) is 2. The summed E-state index contributed by atoms with van der Waals surface area (Å²) in [6.07, 6.45) is 10.4. The number of rotatable bonds is 11. The molecule has 1 fully saturated rings.